The first-order valence-corrected chi connectivity index (χ1v) is 6.22. The fraction of sp³-hybridized carbons (Fsp3) is 1.00. The van der Waals surface area contributed by atoms with Crippen molar-refractivity contribution in [1.82, 2.24) is 10.2 Å². The minimum atomic E-state index is 0.379. The highest BCUT2D eigenvalue weighted by molar-refractivity contribution is 4.94. The van der Waals surface area contributed by atoms with Gasteiger partial charge >= 0.3 is 0 Å². The molecule has 15 heavy (non-hydrogen) atoms. The van der Waals surface area contributed by atoms with Gasteiger partial charge in [-0.3, -0.25) is 4.90 Å². The smallest absolute Gasteiger partial charge is 0.0589 e. The van der Waals surface area contributed by atoms with Gasteiger partial charge < -0.3 is 10.1 Å². The van der Waals surface area contributed by atoms with E-state index in [9.17, 15) is 0 Å². The van der Waals surface area contributed by atoms with E-state index in [0.29, 0.717) is 5.54 Å². The maximum Gasteiger partial charge on any atom is 0.0589 e. The third kappa shape index (κ3) is 3.74. The fourth-order valence-corrected chi connectivity index (χ4v) is 2.41. The van der Waals surface area contributed by atoms with Crippen LogP contribution in [0.15, 0.2) is 0 Å². The quantitative estimate of drug-likeness (QED) is 0.695. The van der Waals surface area contributed by atoms with Gasteiger partial charge in [-0.2, -0.15) is 0 Å². The van der Waals surface area contributed by atoms with Crippen LogP contribution in [0.25, 0.3) is 0 Å². The average Bonchev–Trinajstić information content (AvgIpc) is 2.73. The van der Waals surface area contributed by atoms with Gasteiger partial charge in [-0.25, -0.2) is 0 Å². The van der Waals surface area contributed by atoms with Crippen molar-refractivity contribution in [2.24, 2.45) is 0 Å². The van der Waals surface area contributed by atoms with Gasteiger partial charge in [0.05, 0.1) is 6.61 Å². The molecule has 0 aromatic heterocycles. The van der Waals surface area contributed by atoms with E-state index in [-0.39, 0.29) is 0 Å². The Morgan fingerprint density at radius 3 is 2.67 bits per heavy atom. The van der Waals surface area contributed by atoms with E-state index < -0.39 is 0 Å². The van der Waals surface area contributed by atoms with Crippen LogP contribution in [-0.2, 0) is 4.74 Å². The molecule has 1 rings (SSSR count). The summed E-state index contributed by atoms with van der Waals surface area (Å²) in [5.41, 5.74) is 0.379. The second-order valence-electron chi connectivity index (χ2n) is 4.53. The summed E-state index contributed by atoms with van der Waals surface area (Å²) in [6.45, 7) is 9.90. The lowest BCUT2D eigenvalue weighted by Crippen LogP contribution is -2.50. The maximum absolute atomic E-state index is 5.14. The molecule has 90 valence electrons. The summed E-state index contributed by atoms with van der Waals surface area (Å²) < 4.78 is 5.14. The molecule has 0 radical (unpaired) electrons. The summed E-state index contributed by atoms with van der Waals surface area (Å²) in [5, 5.41) is 3.68. The highest BCUT2D eigenvalue weighted by Gasteiger charge is 2.32. The molecule has 1 atom stereocenters. The SMILES string of the molecule is CCN(CCOC)CC1(CC)CCCN1. The molecule has 0 spiro atoms. The average molecular weight is 214 g/mol. The topological polar surface area (TPSA) is 24.5 Å². The first-order valence-electron chi connectivity index (χ1n) is 6.22. The Hall–Kier alpha value is -0.120. The molecule has 1 fully saturated rings. The molecule has 1 aliphatic heterocycles. The molecule has 0 aromatic carbocycles. The van der Waals surface area contributed by atoms with Gasteiger partial charge in [0.25, 0.3) is 0 Å². The van der Waals surface area contributed by atoms with Crippen LogP contribution in [0.4, 0.5) is 0 Å². The van der Waals surface area contributed by atoms with Crippen LogP contribution in [-0.4, -0.2) is 50.3 Å². The van der Waals surface area contributed by atoms with E-state index >= 15 is 0 Å². The summed E-state index contributed by atoms with van der Waals surface area (Å²) in [6.07, 6.45) is 3.89. The van der Waals surface area contributed by atoms with E-state index in [2.05, 4.69) is 24.1 Å². The van der Waals surface area contributed by atoms with Crippen molar-refractivity contribution in [3.8, 4) is 0 Å². The van der Waals surface area contributed by atoms with Gasteiger partial charge in [-0.1, -0.05) is 13.8 Å². The zero-order valence-corrected chi connectivity index (χ0v) is 10.5. The van der Waals surface area contributed by atoms with Crippen molar-refractivity contribution < 1.29 is 4.74 Å². The second-order valence-corrected chi connectivity index (χ2v) is 4.53. The number of methoxy groups -OCH3 is 1. The van der Waals surface area contributed by atoms with E-state index in [1.807, 2.05) is 0 Å². The van der Waals surface area contributed by atoms with Gasteiger partial charge in [0, 0.05) is 25.7 Å². The molecule has 1 unspecified atom stereocenters. The molecule has 1 N–H and O–H groups in total. The van der Waals surface area contributed by atoms with Crippen LogP contribution in [0.1, 0.15) is 33.1 Å². The molecular weight excluding hydrogens is 188 g/mol. The monoisotopic (exact) mass is 214 g/mol. The highest BCUT2D eigenvalue weighted by Crippen LogP contribution is 2.23. The van der Waals surface area contributed by atoms with E-state index in [4.69, 9.17) is 4.74 Å². The summed E-state index contributed by atoms with van der Waals surface area (Å²) in [6, 6.07) is 0. The molecule has 1 saturated heterocycles. The highest BCUT2D eigenvalue weighted by atomic mass is 16.5. The number of rotatable bonds is 7. The van der Waals surface area contributed by atoms with Crippen LogP contribution in [0.5, 0.6) is 0 Å². The molecule has 0 bridgehead atoms. The maximum atomic E-state index is 5.14. The van der Waals surface area contributed by atoms with E-state index in [1.165, 1.54) is 32.4 Å². The standard InChI is InChI=1S/C12H26N2O/c1-4-12(7-6-8-13-12)11-14(5-2)9-10-15-3/h13H,4-11H2,1-3H3. The minimum Gasteiger partial charge on any atom is -0.383 e. The number of likely N-dealkylation sites (N-methyl/N-ethyl adjacent to an activating group) is 1. The van der Waals surface area contributed by atoms with Crippen molar-refractivity contribution in [3.63, 3.8) is 0 Å². The van der Waals surface area contributed by atoms with Crippen molar-refractivity contribution in [2.75, 3.05) is 39.9 Å². The number of nitrogens with one attached hydrogen (secondary N) is 1. The summed E-state index contributed by atoms with van der Waals surface area (Å²) in [5.74, 6) is 0. The molecule has 0 aliphatic carbocycles. The lowest BCUT2D eigenvalue weighted by atomic mass is 9.93. The fourth-order valence-electron chi connectivity index (χ4n) is 2.41. The molecule has 1 aliphatic rings. The molecule has 0 saturated carbocycles. The number of ether oxygens (including phenoxy) is 1. The Bertz CT molecular complexity index is 167. The van der Waals surface area contributed by atoms with Gasteiger partial charge in [0.1, 0.15) is 0 Å². The van der Waals surface area contributed by atoms with Crippen molar-refractivity contribution in [1.29, 1.82) is 0 Å². The Morgan fingerprint density at radius 2 is 2.20 bits per heavy atom. The second kappa shape index (κ2) is 6.46. The Morgan fingerprint density at radius 1 is 1.40 bits per heavy atom. The first-order chi connectivity index (χ1) is 7.26. The Balaban J connectivity index is 2.40. The van der Waals surface area contributed by atoms with Gasteiger partial charge in [0.15, 0.2) is 0 Å². The summed E-state index contributed by atoms with van der Waals surface area (Å²) in [7, 11) is 1.78. The van der Waals surface area contributed by atoms with E-state index in [0.717, 1.165) is 19.7 Å². The normalized spacial score (nSPS) is 26.4. The van der Waals surface area contributed by atoms with Crippen LogP contribution in [0, 0.1) is 0 Å². The predicted molar refractivity (Wildman–Crippen MR) is 64.2 cm³/mol. The van der Waals surface area contributed by atoms with Gasteiger partial charge in [0.2, 0.25) is 0 Å². The third-order valence-electron chi connectivity index (χ3n) is 3.59. The van der Waals surface area contributed by atoms with Gasteiger partial charge in [-0.15, -0.1) is 0 Å². The summed E-state index contributed by atoms with van der Waals surface area (Å²) >= 11 is 0. The molecular formula is C12H26N2O. The molecule has 0 aromatic rings. The number of hydrogen-bond acceptors (Lipinski definition) is 3. The molecule has 1 heterocycles. The molecule has 3 heteroatoms. The first kappa shape index (κ1) is 12.9. The van der Waals surface area contributed by atoms with Crippen molar-refractivity contribution >= 4 is 0 Å². The Kier molecular flexibility index (Phi) is 5.58. The lowest BCUT2D eigenvalue weighted by molar-refractivity contribution is 0.127. The minimum absolute atomic E-state index is 0.379. The zero-order valence-electron chi connectivity index (χ0n) is 10.5. The third-order valence-corrected chi connectivity index (χ3v) is 3.59. The number of nitrogens with zero attached hydrogens (tertiary/aromatic N) is 1. The largest absolute Gasteiger partial charge is 0.383 e. The Labute approximate surface area is 94.2 Å². The van der Waals surface area contributed by atoms with Gasteiger partial charge in [-0.05, 0) is 32.4 Å². The van der Waals surface area contributed by atoms with Crippen molar-refractivity contribution in [3.05, 3.63) is 0 Å². The lowest BCUT2D eigenvalue weighted by Gasteiger charge is -2.34. The predicted octanol–water partition coefficient (Wildman–Crippen LogP) is 1.49. The molecule has 0 amide bonds. The zero-order chi connectivity index (χ0) is 11.1. The molecule has 3 nitrogen and oxygen atoms in total. The van der Waals surface area contributed by atoms with Crippen LogP contribution in [0.2, 0.25) is 0 Å². The van der Waals surface area contributed by atoms with Crippen LogP contribution in [0.3, 0.4) is 0 Å². The van der Waals surface area contributed by atoms with Crippen LogP contribution >= 0.6 is 0 Å². The summed E-state index contributed by atoms with van der Waals surface area (Å²) in [4.78, 5) is 2.49. The van der Waals surface area contributed by atoms with Crippen molar-refractivity contribution in [2.45, 2.75) is 38.6 Å². The number of hydrogen-bond donors (Lipinski definition) is 1. The van der Waals surface area contributed by atoms with E-state index in [1.54, 1.807) is 7.11 Å². The van der Waals surface area contributed by atoms with Crippen LogP contribution < -0.4 is 5.32 Å².